The van der Waals surface area contributed by atoms with Crippen LogP contribution in [0.5, 0.6) is 0 Å². The number of nitriles is 1. The summed E-state index contributed by atoms with van der Waals surface area (Å²) < 4.78 is 7.34. The largest absolute Gasteiger partial charge is 0.419 e. The summed E-state index contributed by atoms with van der Waals surface area (Å²) in [4.78, 5) is 0. The van der Waals surface area contributed by atoms with E-state index in [1.165, 1.54) is 0 Å². The lowest BCUT2D eigenvalue weighted by Gasteiger charge is -2.10. The third-order valence-corrected chi connectivity index (χ3v) is 5.18. The van der Waals surface area contributed by atoms with E-state index in [1.54, 1.807) is 47.1 Å². The van der Waals surface area contributed by atoms with Crippen molar-refractivity contribution in [3.8, 4) is 34.6 Å². The van der Waals surface area contributed by atoms with Crippen LogP contribution >= 0.6 is 34.8 Å². The van der Waals surface area contributed by atoms with Crippen molar-refractivity contribution in [2.24, 2.45) is 0 Å². The maximum absolute atomic E-state index is 9.99. The third kappa shape index (κ3) is 3.68. The molecule has 2 aromatic carbocycles. The second kappa shape index (κ2) is 8.11. The zero-order valence-electron chi connectivity index (χ0n) is 15.9. The van der Waals surface area contributed by atoms with E-state index >= 15 is 0 Å². The highest BCUT2D eigenvalue weighted by Gasteiger charge is 2.26. The Labute approximate surface area is 187 Å². The number of hydrogen-bond acceptors (Lipinski definition) is 5. The van der Waals surface area contributed by atoms with E-state index in [-0.39, 0.29) is 23.1 Å². The van der Waals surface area contributed by atoms with Crippen molar-refractivity contribution >= 4 is 34.8 Å². The smallest absolute Gasteiger partial charge is 0.269 e. The van der Waals surface area contributed by atoms with E-state index in [2.05, 4.69) is 21.4 Å². The minimum absolute atomic E-state index is 0.0420. The Morgan fingerprint density at radius 1 is 1.00 bits per heavy atom. The van der Waals surface area contributed by atoms with E-state index < -0.39 is 0 Å². The van der Waals surface area contributed by atoms with Crippen LogP contribution in [0.15, 0.2) is 46.9 Å². The van der Waals surface area contributed by atoms with Gasteiger partial charge in [0.25, 0.3) is 5.89 Å². The van der Waals surface area contributed by atoms with Gasteiger partial charge in [0.05, 0.1) is 16.4 Å². The van der Waals surface area contributed by atoms with Crippen LogP contribution in [0.4, 0.5) is 0 Å². The minimum atomic E-state index is 0.0420. The van der Waals surface area contributed by atoms with Crippen LogP contribution < -0.4 is 0 Å². The van der Waals surface area contributed by atoms with E-state index in [1.807, 2.05) is 13.8 Å². The van der Waals surface area contributed by atoms with Gasteiger partial charge in [0.15, 0.2) is 5.69 Å². The van der Waals surface area contributed by atoms with Gasteiger partial charge in [0.2, 0.25) is 5.89 Å². The Morgan fingerprint density at radius 2 is 1.70 bits per heavy atom. The maximum Gasteiger partial charge on any atom is 0.269 e. The lowest BCUT2D eigenvalue weighted by atomic mass is 10.1. The molecule has 6 nitrogen and oxygen atoms in total. The molecule has 0 aliphatic carbocycles. The normalized spacial score (nSPS) is 11.1. The average molecular weight is 459 g/mol. The molecule has 0 saturated heterocycles. The number of hydrogen-bond donors (Lipinski definition) is 0. The zero-order valence-corrected chi connectivity index (χ0v) is 18.2. The number of nitrogens with zero attached hydrogens (tertiary/aromatic N) is 5. The molecule has 0 unspecified atom stereocenters. The number of rotatable bonds is 4. The first-order valence-electron chi connectivity index (χ1n) is 8.97. The van der Waals surface area contributed by atoms with Crippen molar-refractivity contribution in [3.63, 3.8) is 0 Å². The first-order chi connectivity index (χ1) is 14.4. The van der Waals surface area contributed by atoms with Gasteiger partial charge < -0.3 is 4.42 Å². The molecule has 4 aromatic rings. The van der Waals surface area contributed by atoms with Gasteiger partial charge in [0.1, 0.15) is 11.6 Å². The molecule has 30 heavy (non-hydrogen) atoms. The molecule has 0 bridgehead atoms. The van der Waals surface area contributed by atoms with Gasteiger partial charge in [-0.05, 0) is 30.3 Å². The van der Waals surface area contributed by atoms with Gasteiger partial charge in [-0.15, -0.1) is 10.2 Å². The summed E-state index contributed by atoms with van der Waals surface area (Å²) in [6.07, 6.45) is 0. The van der Waals surface area contributed by atoms with Gasteiger partial charge in [-0.3, -0.25) is 0 Å². The zero-order chi connectivity index (χ0) is 21.4. The lowest BCUT2D eigenvalue weighted by molar-refractivity contribution is 0.479. The molecule has 0 spiro atoms. The Hall–Kier alpha value is -2.85. The fourth-order valence-corrected chi connectivity index (χ4v) is 3.55. The molecule has 0 saturated carbocycles. The van der Waals surface area contributed by atoms with Crippen LogP contribution in [-0.4, -0.2) is 20.0 Å². The Balaban J connectivity index is 2.01. The van der Waals surface area contributed by atoms with Crippen LogP contribution in [0.2, 0.25) is 15.1 Å². The van der Waals surface area contributed by atoms with Crippen molar-refractivity contribution < 1.29 is 4.42 Å². The number of benzene rings is 2. The molecule has 0 N–H and O–H groups in total. The molecular formula is C21H14Cl3N5O. The van der Waals surface area contributed by atoms with Crippen LogP contribution in [0.25, 0.3) is 28.5 Å². The van der Waals surface area contributed by atoms with Crippen LogP contribution in [0.3, 0.4) is 0 Å². The summed E-state index contributed by atoms with van der Waals surface area (Å²) in [5.74, 6) is 0.663. The summed E-state index contributed by atoms with van der Waals surface area (Å²) in [5, 5.41) is 24.2. The van der Waals surface area contributed by atoms with E-state index in [0.717, 1.165) is 5.56 Å². The Morgan fingerprint density at radius 3 is 2.30 bits per heavy atom. The van der Waals surface area contributed by atoms with Crippen molar-refractivity contribution in [1.29, 1.82) is 5.26 Å². The fraction of sp³-hybridized carbons (Fsp3) is 0.143. The number of aromatic nitrogens is 4. The van der Waals surface area contributed by atoms with Crippen molar-refractivity contribution in [1.82, 2.24) is 20.0 Å². The molecule has 0 aliphatic heterocycles. The van der Waals surface area contributed by atoms with Gasteiger partial charge >= 0.3 is 0 Å². The Bertz CT molecular complexity index is 1270. The fourth-order valence-electron chi connectivity index (χ4n) is 2.94. The molecule has 4 rings (SSSR count). The van der Waals surface area contributed by atoms with Crippen molar-refractivity contribution in [3.05, 3.63) is 69.0 Å². The maximum atomic E-state index is 9.99. The predicted octanol–water partition coefficient (Wildman–Crippen LogP) is 6.54. The molecular weight excluding hydrogens is 445 g/mol. The second-order valence-corrected chi connectivity index (χ2v) is 8.08. The molecule has 9 heteroatoms. The van der Waals surface area contributed by atoms with Gasteiger partial charge in [-0.2, -0.15) is 10.4 Å². The van der Waals surface area contributed by atoms with E-state index in [0.29, 0.717) is 32.3 Å². The molecule has 2 aromatic heterocycles. The third-order valence-electron chi connectivity index (χ3n) is 4.39. The van der Waals surface area contributed by atoms with Crippen LogP contribution in [0.1, 0.15) is 31.2 Å². The highest BCUT2D eigenvalue weighted by atomic mass is 35.5. The molecule has 0 atom stereocenters. The molecule has 2 heterocycles. The standard InChI is InChI=1S/C21H14Cl3N5O/c1-11(2)20-26-27-21(30-20)18-15(10-25)19(12-3-5-13(22)6-4-12)29(28-18)17-8-7-14(23)9-16(17)24/h3-9,11H,1-2H3. The predicted molar refractivity (Wildman–Crippen MR) is 116 cm³/mol. The van der Waals surface area contributed by atoms with Crippen molar-refractivity contribution in [2.75, 3.05) is 0 Å². The van der Waals surface area contributed by atoms with Gasteiger partial charge in [-0.1, -0.05) is 60.8 Å². The second-order valence-electron chi connectivity index (χ2n) is 6.80. The van der Waals surface area contributed by atoms with E-state index in [4.69, 9.17) is 39.2 Å². The molecule has 150 valence electrons. The SMILES string of the molecule is CC(C)c1nnc(-c2nn(-c3ccc(Cl)cc3Cl)c(-c3ccc(Cl)cc3)c2C#N)o1. The molecule has 0 aliphatic rings. The first-order valence-corrected chi connectivity index (χ1v) is 10.1. The molecule has 0 amide bonds. The topological polar surface area (TPSA) is 80.5 Å². The summed E-state index contributed by atoms with van der Waals surface area (Å²) in [7, 11) is 0. The molecule has 0 radical (unpaired) electrons. The van der Waals surface area contributed by atoms with E-state index in [9.17, 15) is 5.26 Å². The highest BCUT2D eigenvalue weighted by Crippen LogP contribution is 2.36. The average Bonchev–Trinajstić information content (AvgIpc) is 3.33. The van der Waals surface area contributed by atoms with Gasteiger partial charge in [-0.25, -0.2) is 4.68 Å². The quantitative estimate of drug-likeness (QED) is 0.346. The van der Waals surface area contributed by atoms with Crippen molar-refractivity contribution in [2.45, 2.75) is 19.8 Å². The monoisotopic (exact) mass is 457 g/mol. The van der Waals surface area contributed by atoms with Gasteiger partial charge in [0, 0.05) is 21.5 Å². The highest BCUT2D eigenvalue weighted by molar-refractivity contribution is 6.35. The summed E-state index contributed by atoms with van der Waals surface area (Å²) in [6.45, 7) is 3.88. The lowest BCUT2D eigenvalue weighted by Crippen LogP contribution is -2.00. The molecule has 0 fully saturated rings. The van der Waals surface area contributed by atoms with Crippen LogP contribution in [-0.2, 0) is 0 Å². The Kier molecular flexibility index (Phi) is 5.52. The summed E-state index contributed by atoms with van der Waals surface area (Å²) >= 11 is 18.5. The summed E-state index contributed by atoms with van der Waals surface area (Å²) in [6, 6.07) is 14.3. The first kappa shape index (κ1) is 20.4. The minimum Gasteiger partial charge on any atom is -0.419 e. The van der Waals surface area contributed by atoms with Crippen LogP contribution in [0, 0.1) is 11.3 Å². The number of halogens is 3. The summed E-state index contributed by atoms with van der Waals surface area (Å²) in [5.41, 5.74) is 2.36.